The Morgan fingerprint density at radius 1 is 0.944 bits per heavy atom. The number of halogens is 2. The van der Waals surface area contributed by atoms with Crippen LogP contribution in [0.5, 0.6) is 0 Å². The van der Waals surface area contributed by atoms with Crippen molar-refractivity contribution in [3.05, 3.63) is 34.3 Å². The molecule has 0 heterocycles. The maximum Gasteiger partial charge on any atom is 0.0585 e. The Bertz CT molecular complexity index is 307. The molecule has 0 aliphatic rings. The SMILES string of the molecule is CCCCCCCCCC(Cl)c1ccc(Br)cc1. The number of hydrogen-bond acceptors (Lipinski definition) is 0. The van der Waals surface area contributed by atoms with Crippen LogP contribution in [0.15, 0.2) is 28.7 Å². The van der Waals surface area contributed by atoms with Crippen molar-refractivity contribution >= 4 is 27.5 Å². The van der Waals surface area contributed by atoms with Gasteiger partial charge in [0.15, 0.2) is 0 Å². The molecular weight excluding hydrogens is 308 g/mol. The van der Waals surface area contributed by atoms with Crippen molar-refractivity contribution in [2.24, 2.45) is 0 Å². The minimum Gasteiger partial charge on any atom is -0.118 e. The van der Waals surface area contributed by atoms with E-state index in [1.165, 1.54) is 50.5 Å². The van der Waals surface area contributed by atoms with Gasteiger partial charge in [-0.25, -0.2) is 0 Å². The summed E-state index contributed by atoms with van der Waals surface area (Å²) in [6.07, 6.45) is 10.5. The average molecular weight is 332 g/mol. The van der Waals surface area contributed by atoms with Gasteiger partial charge in [0.2, 0.25) is 0 Å². The van der Waals surface area contributed by atoms with Crippen molar-refractivity contribution in [1.29, 1.82) is 0 Å². The van der Waals surface area contributed by atoms with Crippen molar-refractivity contribution in [2.75, 3.05) is 0 Å². The molecular formula is C16H24BrCl. The Balaban J connectivity index is 2.10. The maximum absolute atomic E-state index is 6.41. The Hall–Kier alpha value is -0.0100. The van der Waals surface area contributed by atoms with Gasteiger partial charge in [0.1, 0.15) is 0 Å². The third kappa shape index (κ3) is 6.80. The van der Waals surface area contributed by atoms with E-state index in [4.69, 9.17) is 11.6 Å². The van der Waals surface area contributed by atoms with Crippen LogP contribution in [-0.4, -0.2) is 0 Å². The standard InChI is InChI=1S/C16H24BrCl/c1-2-3-4-5-6-7-8-9-16(18)14-10-12-15(17)13-11-14/h10-13,16H,2-9H2,1H3. The van der Waals surface area contributed by atoms with Gasteiger partial charge in [-0.1, -0.05) is 79.9 Å². The average Bonchev–Trinajstić information content (AvgIpc) is 2.38. The molecule has 0 aliphatic heterocycles. The molecule has 1 rings (SSSR count). The van der Waals surface area contributed by atoms with Crippen LogP contribution in [0.3, 0.4) is 0 Å². The third-order valence-corrected chi connectivity index (χ3v) is 4.29. The lowest BCUT2D eigenvalue weighted by atomic mass is 10.0. The first-order valence-electron chi connectivity index (χ1n) is 7.13. The van der Waals surface area contributed by atoms with Gasteiger partial charge in [0, 0.05) is 4.47 Å². The monoisotopic (exact) mass is 330 g/mol. The summed E-state index contributed by atoms with van der Waals surface area (Å²) < 4.78 is 1.12. The van der Waals surface area contributed by atoms with Gasteiger partial charge in [-0.2, -0.15) is 0 Å². The van der Waals surface area contributed by atoms with Gasteiger partial charge < -0.3 is 0 Å². The van der Waals surface area contributed by atoms with E-state index in [0.717, 1.165) is 10.9 Å². The predicted octanol–water partition coefficient (Wildman–Crippen LogP) is 6.87. The van der Waals surface area contributed by atoms with Crippen LogP contribution in [-0.2, 0) is 0 Å². The van der Waals surface area contributed by atoms with Crippen LogP contribution in [0.2, 0.25) is 0 Å². The second-order valence-electron chi connectivity index (χ2n) is 4.93. The van der Waals surface area contributed by atoms with Gasteiger partial charge in [-0.15, -0.1) is 11.6 Å². The van der Waals surface area contributed by atoms with Gasteiger partial charge in [-0.3, -0.25) is 0 Å². The van der Waals surface area contributed by atoms with Crippen LogP contribution >= 0.6 is 27.5 Å². The van der Waals surface area contributed by atoms with E-state index in [2.05, 4.69) is 47.1 Å². The summed E-state index contributed by atoms with van der Waals surface area (Å²) in [5, 5.41) is 0.175. The van der Waals surface area contributed by atoms with Gasteiger partial charge in [0.25, 0.3) is 0 Å². The first kappa shape index (κ1) is 16.0. The van der Waals surface area contributed by atoms with E-state index in [-0.39, 0.29) is 5.38 Å². The molecule has 0 N–H and O–H groups in total. The summed E-state index contributed by atoms with van der Waals surface area (Å²) in [6, 6.07) is 8.36. The van der Waals surface area contributed by atoms with E-state index < -0.39 is 0 Å². The van der Waals surface area contributed by atoms with Crippen LogP contribution in [0.1, 0.15) is 69.2 Å². The van der Waals surface area contributed by atoms with Crippen molar-refractivity contribution in [3.63, 3.8) is 0 Å². The molecule has 0 aliphatic carbocycles. The molecule has 0 saturated carbocycles. The zero-order chi connectivity index (χ0) is 13.2. The fourth-order valence-corrected chi connectivity index (χ4v) is 2.68. The lowest BCUT2D eigenvalue weighted by Crippen LogP contribution is -1.90. The van der Waals surface area contributed by atoms with Crippen molar-refractivity contribution in [2.45, 2.75) is 63.7 Å². The highest BCUT2D eigenvalue weighted by Crippen LogP contribution is 2.27. The molecule has 0 spiro atoms. The number of benzene rings is 1. The minimum absolute atomic E-state index is 0.175. The quantitative estimate of drug-likeness (QED) is 0.342. The predicted molar refractivity (Wildman–Crippen MR) is 85.3 cm³/mol. The summed E-state index contributed by atoms with van der Waals surface area (Å²) in [6.45, 7) is 2.26. The van der Waals surface area contributed by atoms with Gasteiger partial charge in [-0.05, 0) is 24.1 Å². The Morgan fingerprint density at radius 3 is 2.11 bits per heavy atom. The van der Waals surface area contributed by atoms with Crippen molar-refractivity contribution in [1.82, 2.24) is 0 Å². The number of rotatable bonds is 9. The van der Waals surface area contributed by atoms with Crippen LogP contribution in [0.25, 0.3) is 0 Å². The molecule has 18 heavy (non-hydrogen) atoms. The molecule has 2 heteroatoms. The molecule has 1 atom stereocenters. The van der Waals surface area contributed by atoms with Crippen LogP contribution < -0.4 is 0 Å². The number of alkyl halides is 1. The zero-order valence-corrected chi connectivity index (χ0v) is 13.6. The highest BCUT2D eigenvalue weighted by molar-refractivity contribution is 9.10. The normalized spacial score (nSPS) is 12.6. The molecule has 0 bridgehead atoms. The molecule has 1 unspecified atom stereocenters. The van der Waals surface area contributed by atoms with Crippen molar-refractivity contribution < 1.29 is 0 Å². The Kier molecular flexibility index (Phi) is 8.79. The van der Waals surface area contributed by atoms with E-state index in [0.29, 0.717) is 0 Å². The molecule has 0 nitrogen and oxygen atoms in total. The van der Waals surface area contributed by atoms with Crippen LogP contribution in [0.4, 0.5) is 0 Å². The molecule has 1 aromatic carbocycles. The first-order chi connectivity index (χ1) is 8.74. The molecule has 0 aromatic heterocycles. The zero-order valence-electron chi connectivity index (χ0n) is 11.3. The van der Waals surface area contributed by atoms with Gasteiger partial charge >= 0.3 is 0 Å². The molecule has 102 valence electrons. The van der Waals surface area contributed by atoms with E-state index in [1.807, 2.05) is 0 Å². The summed E-state index contributed by atoms with van der Waals surface area (Å²) >= 11 is 9.85. The largest absolute Gasteiger partial charge is 0.118 e. The lowest BCUT2D eigenvalue weighted by Gasteiger charge is -2.09. The fourth-order valence-electron chi connectivity index (χ4n) is 2.12. The topological polar surface area (TPSA) is 0 Å². The maximum atomic E-state index is 6.41. The van der Waals surface area contributed by atoms with Gasteiger partial charge in [0.05, 0.1) is 5.38 Å². The highest BCUT2D eigenvalue weighted by Gasteiger charge is 2.06. The lowest BCUT2D eigenvalue weighted by molar-refractivity contribution is 0.572. The van der Waals surface area contributed by atoms with E-state index in [9.17, 15) is 0 Å². The number of unbranched alkanes of at least 4 members (excludes halogenated alkanes) is 6. The number of hydrogen-bond donors (Lipinski definition) is 0. The summed E-state index contributed by atoms with van der Waals surface area (Å²) in [7, 11) is 0. The molecule has 1 aromatic rings. The third-order valence-electron chi connectivity index (χ3n) is 3.29. The summed E-state index contributed by atoms with van der Waals surface area (Å²) in [5.41, 5.74) is 1.24. The van der Waals surface area contributed by atoms with E-state index >= 15 is 0 Å². The van der Waals surface area contributed by atoms with E-state index in [1.54, 1.807) is 0 Å². The summed E-state index contributed by atoms with van der Waals surface area (Å²) in [5.74, 6) is 0. The Labute approximate surface area is 125 Å². The Morgan fingerprint density at radius 2 is 1.50 bits per heavy atom. The molecule has 0 fully saturated rings. The fraction of sp³-hybridized carbons (Fsp3) is 0.625. The molecule has 0 amide bonds. The minimum atomic E-state index is 0.175. The van der Waals surface area contributed by atoms with Crippen molar-refractivity contribution in [3.8, 4) is 0 Å². The smallest absolute Gasteiger partial charge is 0.0585 e. The second-order valence-corrected chi connectivity index (χ2v) is 6.37. The summed E-state index contributed by atoms with van der Waals surface area (Å²) in [4.78, 5) is 0. The first-order valence-corrected chi connectivity index (χ1v) is 8.36. The second kappa shape index (κ2) is 9.86. The van der Waals surface area contributed by atoms with Crippen LogP contribution in [0, 0.1) is 0 Å². The molecule has 0 radical (unpaired) electrons. The molecule has 0 saturated heterocycles. The highest BCUT2D eigenvalue weighted by atomic mass is 79.9.